The number of aromatic amines is 1. The fourth-order valence-corrected chi connectivity index (χ4v) is 2.11. The van der Waals surface area contributed by atoms with Crippen LogP contribution in [0.4, 0.5) is 0 Å². The number of aliphatic hydroxyl groups is 1. The van der Waals surface area contributed by atoms with E-state index in [0.29, 0.717) is 0 Å². The Labute approximate surface area is 114 Å². The topological polar surface area (TPSA) is 48.9 Å². The molecule has 0 fully saturated rings. The highest BCUT2D eigenvalue weighted by molar-refractivity contribution is 5.62. The minimum absolute atomic E-state index is 0.234. The van der Waals surface area contributed by atoms with E-state index in [0.717, 1.165) is 29.7 Å². The summed E-state index contributed by atoms with van der Waals surface area (Å²) in [7, 11) is 0. The molecule has 0 spiro atoms. The predicted octanol–water partition coefficient (Wildman–Crippen LogP) is 3.94. The van der Waals surface area contributed by atoms with Crippen LogP contribution in [0.15, 0.2) is 36.5 Å². The third-order valence-electron chi connectivity index (χ3n) is 3.26. The monoisotopic (exact) mass is 258 g/mol. The van der Waals surface area contributed by atoms with Crippen LogP contribution in [0.5, 0.6) is 0 Å². The molecule has 2 N–H and O–H groups in total. The van der Waals surface area contributed by atoms with Crippen molar-refractivity contribution in [1.82, 2.24) is 10.2 Å². The largest absolute Gasteiger partial charge is 0.388 e. The van der Waals surface area contributed by atoms with Crippen LogP contribution in [0.25, 0.3) is 11.3 Å². The Morgan fingerprint density at radius 1 is 1.21 bits per heavy atom. The number of hydrogen-bond acceptors (Lipinski definition) is 2. The van der Waals surface area contributed by atoms with Gasteiger partial charge in [-0.2, -0.15) is 5.10 Å². The molecule has 1 atom stereocenters. The Morgan fingerprint density at radius 2 is 1.89 bits per heavy atom. The van der Waals surface area contributed by atoms with Crippen molar-refractivity contribution >= 4 is 0 Å². The number of hydrogen-bond donors (Lipinski definition) is 2. The lowest BCUT2D eigenvalue weighted by molar-refractivity contribution is 0.148. The number of nitrogens with one attached hydrogen (secondary N) is 1. The molecule has 0 saturated carbocycles. The molecule has 0 amide bonds. The van der Waals surface area contributed by atoms with Gasteiger partial charge in [0.1, 0.15) is 0 Å². The summed E-state index contributed by atoms with van der Waals surface area (Å²) in [4.78, 5) is 0. The van der Waals surface area contributed by atoms with Crippen molar-refractivity contribution in [3.63, 3.8) is 0 Å². The zero-order valence-corrected chi connectivity index (χ0v) is 11.9. The second-order valence-electron chi connectivity index (χ2n) is 6.18. The van der Waals surface area contributed by atoms with Crippen LogP contribution in [0, 0.1) is 5.41 Å². The third-order valence-corrected chi connectivity index (χ3v) is 3.26. The van der Waals surface area contributed by atoms with Gasteiger partial charge in [-0.1, -0.05) is 51.1 Å². The van der Waals surface area contributed by atoms with E-state index in [2.05, 4.69) is 31.0 Å². The van der Waals surface area contributed by atoms with Crippen LogP contribution in [-0.2, 0) is 0 Å². The van der Waals surface area contributed by atoms with Gasteiger partial charge in [0.25, 0.3) is 0 Å². The van der Waals surface area contributed by atoms with Crippen molar-refractivity contribution in [2.24, 2.45) is 5.41 Å². The van der Waals surface area contributed by atoms with Crippen LogP contribution in [0.2, 0.25) is 0 Å². The first-order valence-electron chi connectivity index (χ1n) is 6.74. The van der Waals surface area contributed by atoms with Gasteiger partial charge in [0.05, 0.1) is 18.0 Å². The molecule has 1 heterocycles. The number of aliphatic hydroxyl groups excluding tert-OH is 1. The van der Waals surface area contributed by atoms with Crippen LogP contribution in [-0.4, -0.2) is 15.3 Å². The number of rotatable bonds is 4. The summed E-state index contributed by atoms with van der Waals surface area (Å²) >= 11 is 0. The number of nitrogens with zero attached hydrogens (tertiary/aromatic N) is 1. The van der Waals surface area contributed by atoms with Gasteiger partial charge in [-0.25, -0.2) is 0 Å². The average molecular weight is 258 g/mol. The molecule has 19 heavy (non-hydrogen) atoms. The molecule has 0 aliphatic rings. The molecule has 1 aromatic heterocycles. The van der Waals surface area contributed by atoms with Crippen molar-refractivity contribution < 1.29 is 5.11 Å². The van der Waals surface area contributed by atoms with Crippen molar-refractivity contribution in [1.29, 1.82) is 0 Å². The molecule has 0 aliphatic heterocycles. The van der Waals surface area contributed by atoms with E-state index in [9.17, 15) is 5.11 Å². The number of benzene rings is 1. The minimum atomic E-state index is -0.465. The summed E-state index contributed by atoms with van der Waals surface area (Å²) in [6.45, 7) is 6.56. The lowest BCUT2D eigenvalue weighted by Crippen LogP contribution is -2.08. The van der Waals surface area contributed by atoms with Gasteiger partial charge in [0.15, 0.2) is 0 Å². The van der Waals surface area contributed by atoms with Gasteiger partial charge in [-0.15, -0.1) is 0 Å². The number of H-pyrrole nitrogens is 1. The first-order chi connectivity index (χ1) is 8.97. The standard InChI is InChI=1S/C16H22N2O/c1-16(2,3)10-9-14(19)13-11-17-18-15(13)12-7-5-4-6-8-12/h4-8,11,14,19H,9-10H2,1-3H3,(H,17,18). The Kier molecular flexibility index (Phi) is 4.05. The second-order valence-corrected chi connectivity index (χ2v) is 6.18. The van der Waals surface area contributed by atoms with Crippen LogP contribution in [0.3, 0.4) is 0 Å². The lowest BCUT2D eigenvalue weighted by Gasteiger charge is -2.20. The van der Waals surface area contributed by atoms with E-state index in [1.807, 2.05) is 30.3 Å². The van der Waals surface area contributed by atoms with E-state index >= 15 is 0 Å². The molecule has 102 valence electrons. The summed E-state index contributed by atoms with van der Waals surface area (Å²) < 4.78 is 0. The smallest absolute Gasteiger partial charge is 0.0827 e. The fourth-order valence-electron chi connectivity index (χ4n) is 2.11. The molecular weight excluding hydrogens is 236 g/mol. The van der Waals surface area contributed by atoms with Crippen molar-refractivity contribution in [2.45, 2.75) is 39.7 Å². The molecule has 2 rings (SSSR count). The van der Waals surface area contributed by atoms with Gasteiger partial charge in [-0.3, -0.25) is 5.10 Å². The summed E-state index contributed by atoms with van der Waals surface area (Å²) in [5.41, 5.74) is 3.10. The molecule has 0 saturated heterocycles. The normalized spacial score (nSPS) is 13.5. The molecule has 1 unspecified atom stereocenters. The van der Waals surface area contributed by atoms with E-state index in [-0.39, 0.29) is 5.41 Å². The molecule has 3 nitrogen and oxygen atoms in total. The molecule has 0 radical (unpaired) electrons. The Hall–Kier alpha value is -1.61. The predicted molar refractivity (Wildman–Crippen MR) is 77.7 cm³/mol. The van der Waals surface area contributed by atoms with Crippen molar-refractivity contribution in [2.75, 3.05) is 0 Å². The Morgan fingerprint density at radius 3 is 2.53 bits per heavy atom. The average Bonchev–Trinajstić information content (AvgIpc) is 2.85. The molecule has 2 aromatic rings. The maximum atomic E-state index is 10.4. The van der Waals surface area contributed by atoms with Gasteiger partial charge in [0, 0.05) is 5.56 Å². The molecule has 0 aliphatic carbocycles. The van der Waals surface area contributed by atoms with E-state index in [1.165, 1.54) is 0 Å². The first kappa shape index (κ1) is 13.8. The quantitative estimate of drug-likeness (QED) is 0.872. The fraction of sp³-hybridized carbons (Fsp3) is 0.438. The highest BCUT2D eigenvalue weighted by Gasteiger charge is 2.19. The van der Waals surface area contributed by atoms with Crippen LogP contribution in [0.1, 0.15) is 45.3 Å². The summed E-state index contributed by atoms with van der Waals surface area (Å²) in [6.07, 6.45) is 3.00. The SMILES string of the molecule is CC(C)(C)CCC(O)c1cn[nH]c1-c1ccccc1. The summed E-state index contributed by atoms with van der Waals surface area (Å²) in [5, 5.41) is 17.4. The van der Waals surface area contributed by atoms with E-state index in [4.69, 9.17) is 0 Å². The Balaban J connectivity index is 2.16. The Bertz CT molecular complexity index is 511. The van der Waals surface area contributed by atoms with E-state index in [1.54, 1.807) is 6.20 Å². The van der Waals surface area contributed by atoms with E-state index < -0.39 is 6.10 Å². The maximum Gasteiger partial charge on any atom is 0.0827 e. The summed E-state index contributed by atoms with van der Waals surface area (Å²) in [5.74, 6) is 0. The zero-order chi connectivity index (χ0) is 13.9. The number of aromatic nitrogens is 2. The maximum absolute atomic E-state index is 10.4. The van der Waals surface area contributed by atoms with Gasteiger partial charge >= 0.3 is 0 Å². The van der Waals surface area contributed by atoms with Gasteiger partial charge in [0.2, 0.25) is 0 Å². The first-order valence-corrected chi connectivity index (χ1v) is 6.74. The van der Waals surface area contributed by atoms with Gasteiger partial charge in [-0.05, 0) is 23.8 Å². The minimum Gasteiger partial charge on any atom is -0.388 e. The summed E-state index contributed by atoms with van der Waals surface area (Å²) in [6, 6.07) is 10.00. The molecular formula is C16H22N2O. The van der Waals surface area contributed by atoms with Crippen molar-refractivity contribution in [3.05, 3.63) is 42.1 Å². The van der Waals surface area contributed by atoms with Gasteiger partial charge < -0.3 is 5.11 Å². The molecule has 3 heteroatoms. The second kappa shape index (κ2) is 5.57. The van der Waals surface area contributed by atoms with Crippen molar-refractivity contribution in [3.8, 4) is 11.3 Å². The highest BCUT2D eigenvalue weighted by Crippen LogP contribution is 2.31. The molecule has 0 bridgehead atoms. The third kappa shape index (κ3) is 3.67. The lowest BCUT2D eigenvalue weighted by atomic mass is 9.88. The highest BCUT2D eigenvalue weighted by atomic mass is 16.3. The zero-order valence-electron chi connectivity index (χ0n) is 11.9. The van der Waals surface area contributed by atoms with Crippen LogP contribution < -0.4 is 0 Å². The van der Waals surface area contributed by atoms with Crippen LogP contribution >= 0.6 is 0 Å². The molecule has 1 aromatic carbocycles.